The Labute approximate surface area is 110 Å². The van der Waals surface area contributed by atoms with Gasteiger partial charge in [-0.15, -0.1) is 11.3 Å². The molecule has 1 unspecified atom stereocenters. The Morgan fingerprint density at radius 1 is 1.61 bits per heavy atom. The molecule has 1 saturated heterocycles. The Morgan fingerprint density at radius 3 is 2.83 bits per heavy atom. The highest BCUT2D eigenvalue weighted by Crippen LogP contribution is 2.29. The molecule has 0 radical (unpaired) electrons. The second-order valence-electron chi connectivity index (χ2n) is 4.39. The summed E-state index contributed by atoms with van der Waals surface area (Å²) in [4.78, 5) is 10.8. The zero-order chi connectivity index (χ0) is 13.3. The molecule has 1 aliphatic rings. The average molecular weight is 289 g/mol. The van der Waals surface area contributed by atoms with Gasteiger partial charge in [-0.2, -0.15) is 4.31 Å². The number of nitrogens with zero attached hydrogens (tertiary/aromatic N) is 1. The highest BCUT2D eigenvalue weighted by atomic mass is 32.2. The highest BCUT2D eigenvalue weighted by Gasteiger charge is 2.32. The third-order valence-corrected chi connectivity index (χ3v) is 6.52. The summed E-state index contributed by atoms with van der Waals surface area (Å²) in [7, 11) is -3.51. The van der Waals surface area contributed by atoms with Gasteiger partial charge in [0.15, 0.2) is 0 Å². The summed E-state index contributed by atoms with van der Waals surface area (Å²) in [6, 6.07) is 1.24. The Kier molecular flexibility index (Phi) is 3.74. The van der Waals surface area contributed by atoms with Crippen LogP contribution < -0.4 is 0 Å². The molecule has 1 atom stereocenters. The summed E-state index contributed by atoms with van der Waals surface area (Å²) in [6.07, 6.45) is 1.85. The van der Waals surface area contributed by atoms with E-state index in [2.05, 4.69) is 6.92 Å². The van der Waals surface area contributed by atoms with Gasteiger partial charge in [0, 0.05) is 18.5 Å². The molecule has 2 rings (SSSR count). The Balaban J connectivity index is 2.23. The molecule has 18 heavy (non-hydrogen) atoms. The smallest absolute Gasteiger partial charge is 0.336 e. The van der Waals surface area contributed by atoms with Crippen molar-refractivity contribution >= 4 is 27.3 Å². The van der Waals surface area contributed by atoms with Crippen molar-refractivity contribution in [3.05, 3.63) is 17.0 Å². The standard InChI is InChI=1S/C11H15NO4S2/c1-2-8-3-4-12(6-8)18(15,16)10-5-9(7-17-10)11(13)14/h5,7-8H,2-4,6H2,1H3,(H,13,14). The number of hydrogen-bond donors (Lipinski definition) is 1. The van der Waals surface area contributed by atoms with Crippen molar-refractivity contribution in [2.75, 3.05) is 13.1 Å². The van der Waals surface area contributed by atoms with Gasteiger partial charge < -0.3 is 5.11 Å². The van der Waals surface area contributed by atoms with Gasteiger partial charge in [0.2, 0.25) is 0 Å². The number of thiophene rings is 1. The minimum Gasteiger partial charge on any atom is -0.478 e. The van der Waals surface area contributed by atoms with Gasteiger partial charge in [-0.05, 0) is 18.4 Å². The van der Waals surface area contributed by atoms with Crippen molar-refractivity contribution in [2.45, 2.75) is 24.0 Å². The van der Waals surface area contributed by atoms with Gasteiger partial charge in [-0.1, -0.05) is 13.3 Å². The lowest BCUT2D eigenvalue weighted by molar-refractivity contribution is 0.0697. The number of aromatic carboxylic acids is 1. The topological polar surface area (TPSA) is 74.7 Å². The van der Waals surface area contributed by atoms with Crippen LogP contribution in [0.15, 0.2) is 15.7 Å². The molecule has 7 heteroatoms. The van der Waals surface area contributed by atoms with Gasteiger partial charge in [0.05, 0.1) is 5.56 Å². The SMILES string of the molecule is CCC1CCN(S(=O)(=O)c2cc(C(=O)O)cs2)C1. The van der Waals surface area contributed by atoms with Crippen molar-refractivity contribution in [3.8, 4) is 0 Å². The van der Waals surface area contributed by atoms with E-state index < -0.39 is 16.0 Å². The minimum atomic E-state index is -3.51. The van der Waals surface area contributed by atoms with Gasteiger partial charge in [0.1, 0.15) is 4.21 Å². The highest BCUT2D eigenvalue weighted by molar-refractivity contribution is 7.91. The predicted octanol–water partition coefficient (Wildman–Crippen LogP) is 1.87. The van der Waals surface area contributed by atoms with Crippen molar-refractivity contribution in [1.29, 1.82) is 0 Å². The Morgan fingerprint density at radius 2 is 2.33 bits per heavy atom. The molecular weight excluding hydrogens is 274 g/mol. The van der Waals surface area contributed by atoms with Crippen molar-refractivity contribution in [1.82, 2.24) is 4.31 Å². The van der Waals surface area contributed by atoms with Gasteiger partial charge >= 0.3 is 5.97 Å². The molecule has 0 saturated carbocycles. The summed E-state index contributed by atoms with van der Waals surface area (Å²) < 4.78 is 26.1. The van der Waals surface area contributed by atoms with Gasteiger partial charge in [-0.25, -0.2) is 13.2 Å². The molecule has 0 bridgehead atoms. The molecule has 100 valence electrons. The zero-order valence-corrected chi connectivity index (χ0v) is 11.6. The van der Waals surface area contributed by atoms with E-state index in [-0.39, 0.29) is 9.77 Å². The number of carbonyl (C=O) groups is 1. The number of carboxylic acid groups (broad SMARTS) is 1. The van der Waals surface area contributed by atoms with Gasteiger partial charge in [0.25, 0.3) is 10.0 Å². The van der Waals surface area contributed by atoms with E-state index in [1.165, 1.54) is 15.8 Å². The fourth-order valence-electron chi connectivity index (χ4n) is 2.04. The lowest BCUT2D eigenvalue weighted by atomic mass is 10.1. The molecule has 1 aromatic heterocycles. The van der Waals surface area contributed by atoms with Crippen LogP contribution in [0.4, 0.5) is 0 Å². The maximum atomic E-state index is 12.3. The van der Waals surface area contributed by atoms with Crippen LogP contribution in [0.25, 0.3) is 0 Å². The van der Waals surface area contributed by atoms with E-state index in [0.717, 1.165) is 24.2 Å². The lowest BCUT2D eigenvalue weighted by Crippen LogP contribution is -2.28. The van der Waals surface area contributed by atoms with Crippen molar-refractivity contribution in [3.63, 3.8) is 0 Å². The fourth-order valence-corrected chi connectivity index (χ4v) is 4.88. The molecule has 1 aromatic rings. The molecule has 1 aliphatic heterocycles. The summed E-state index contributed by atoms with van der Waals surface area (Å²) in [5, 5.41) is 10.2. The van der Waals surface area contributed by atoms with Crippen molar-refractivity contribution in [2.24, 2.45) is 5.92 Å². The molecule has 1 fully saturated rings. The molecule has 2 heterocycles. The molecule has 1 N–H and O–H groups in total. The van der Waals surface area contributed by atoms with E-state index in [9.17, 15) is 13.2 Å². The summed E-state index contributed by atoms with van der Waals surface area (Å²) in [5.41, 5.74) is 0.0322. The number of rotatable bonds is 4. The first-order valence-electron chi connectivity index (χ1n) is 5.77. The number of hydrogen-bond acceptors (Lipinski definition) is 4. The summed E-state index contributed by atoms with van der Waals surface area (Å²) in [6.45, 7) is 3.12. The van der Waals surface area contributed by atoms with Crippen LogP contribution in [0.3, 0.4) is 0 Å². The van der Waals surface area contributed by atoms with Crippen LogP contribution in [-0.2, 0) is 10.0 Å². The van der Waals surface area contributed by atoms with Crippen LogP contribution in [-0.4, -0.2) is 36.9 Å². The van der Waals surface area contributed by atoms with Crippen molar-refractivity contribution < 1.29 is 18.3 Å². The molecule has 0 aromatic carbocycles. The Bertz CT molecular complexity index is 549. The molecule has 5 nitrogen and oxygen atoms in total. The first kappa shape index (κ1) is 13.5. The molecule has 0 spiro atoms. The quantitative estimate of drug-likeness (QED) is 0.918. The second-order valence-corrected chi connectivity index (χ2v) is 7.46. The maximum absolute atomic E-state index is 12.3. The minimum absolute atomic E-state index is 0.0322. The summed E-state index contributed by atoms with van der Waals surface area (Å²) >= 11 is 0.970. The molecule has 0 amide bonds. The molecule has 0 aliphatic carbocycles. The van der Waals surface area contributed by atoms with Gasteiger partial charge in [-0.3, -0.25) is 0 Å². The average Bonchev–Trinajstić information content (AvgIpc) is 2.98. The van der Waals surface area contributed by atoms with Crippen LogP contribution >= 0.6 is 11.3 Å². The summed E-state index contributed by atoms with van der Waals surface area (Å²) in [5.74, 6) is -0.681. The largest absolute Gasteiger partial charge is 0.478 e. The van der Waals surface area contributed by atoms with E-state index >= 15 is 0 Å². The van der Waals surface area contributed by atoms with Crippen LogP contribution in [0.2, 0.25) is 0 Å². The Hall–Kier alpha value is -0.920. The van der Waals surface area contributed by atoms with Crippen LogP contribution in [0.5, 0.6) is 0 Å². The first-order valence-corrected chi connectivity index (χ1v) is 8.09. The maximum Gasteiger partial charge on any atom is 0.336 e. The van der Waals surface area contributed by atoms with Crippen LogP contribution in [0, 0.1) is 5.92 Å². The van der Waals surface area contributed by atoms with E-state index in [0.29, 0.717) is 19.0 Å². The third-order valence-electron chi connectivity index (χ3n) is 3.24. The van der Waals surface area contributed by atoms with E-state index in [1.807, 2.05) is 0 Å². The number of sulfonamides is 1. The lowest BCUT2D eigenvalue weighted by Gasteiger charge is -2.14. The second kappa shape index (κ2) is 4.99. The van der Waals surface area contributed by atoms with Crippen LogP contribution in [0.1, 0.15) is 30.1 Å². The normalized spacial score (nSPS) is 21.3. The first-order chi connectivity index (χ1) is 8.45. The monoisotopic (exact) mass is 289 g/mol. The molecular formula is C11H15NO4S2. The zero-order valence-electron chi connectivity index (χ0n) is 10.00. The van der Waals surface area contributed by atoms with E-state index in [1.54, 1.807) is 0 Å². The fraction of sp³-hybridized carbons (Fsp3) is 0.545. The number of carboxylic acids is 1. The predicted molar refractivity (Wildman–Crippen MR) is 68.4 cm³/mol. The van der Waals surface area contributed by atoms with E-state index in [4.69, 9.17) is 5.11 Å². The third kappa shape index (κ3) is 2.43.